The van der Waals surface area contributed by atoms with Gasteiger partial charge in [-0.15, -0.1) is 0 Å². The van der Waals surface area contributed by atoms with E-state index in [2.05, 4.69) is 23.1 Å². The second-order valence-electron chi connectivity index (χ2n) is 5.87. The predicted octanol–water partition coefficient (Wildman–Crippen LogP) is 3.33. The molecule has 0 unspecified atom stereocenters. The Labute approximate surface area is 134 Å². The van der Waals surface area contributed by atoms with Gasteiger partial charge in [0.25, 0.3) is 5.69 Å². The van der Waals surface area contributed by atoms with Crippen LogP contribution in [0.3, 0.4) is 0 Å². The van der Waals surface area contributed by atoms with Crippen molar-refractivity contribution in [1.29, 1.82) is 5.26 Å². The highest BCUT2D eigenvalue weighted by Crippen LogP contribution is 2.33. The second kappa shape index (κ2) is 6.59. The van der Waals surface area contributed by atoms with Crippen molar-refractivity contribution in [2.45, 2.75) is 12.5 Å². The summed E-state index contributed by atoms with van der Waals surface area (Å²) in [6.07, 6.45) is 0. The van der Waals surface area contributed by atoms with Crippen LogP contribution in [0.15, 0.2) is 54.6 Å². The molecule has 0 aromatic heterocycles. The van der Waals surface area contributed by atoms with Crippen LogP contribution in [0.25, 0.3) is 0 Å². The van der Waals surface area contributed by atoms with E-state index in [9.17, 15) is 15.4 Å². The van der Waals surface area contributed by atoms with E-state index < -0.39 is 4.92 Å². The Morgan fingerprint density at radius 2 is 1.83 bits per heavy atom. The normalized spacial score (nSPS) is 21.0. The smallest absolute Gasteiger partial charge is 0.269 e. The standard InChI is InChI=1S/C18H17N3O2/c19-10-16-12-20(11-14-4-2-1-3-5-14)13-18(16)15-6-8-17(9-7-15)21(22)23/h1-9,16,18H,11-13H2/t16-,18+/m1/s1. The first kappa shape index (κ1) is 15.2. The van der Waals surface area contributed by atoms with E-state index >= 15 is 0 Å². The topological polar surface area (TPSA) is 70.2 Å². The quantitative estimate of drug-likeness (QED) is 0.641. The molecule has 3 rings (SSSR count). The molecule has 1 aliphatic rings. The molecule has 5 nitrogen and oxygen atoms in total. The third-order valence-corrected chi connectivity index (χ3v) is 4.34. The van der Waals surface area contributed by atoms with Crippen molar-refractivity contribution >= 4 is 5.69 Å². The van der Waals surface area contributed by atoms with E-state index in [4.69, 9.17) is 0 Å². The molecule has 0 aliphatic carbocycles. The summed E-state index contributed by atoms with van der Waals surface area (Å²) >= 11 is 0. The van der Waals surface area contributed by atoms with E-state index in [0.29, 0.717) is 0 Å². The highest BCUT2D eigenvalue weighted by molar-refractivity contribution is 5.36. The zero-order valence-corrected chi connectivity index (χ0v) is 12.6. The zero-order valence-electron chi connectivity index (χ0n) is 12.6. The monoisotopic (exact) mass is 307 g/mol. The molecule has 1 saturated heterocycles. The molecule has 5 heteroatoms. The first-order chi connectivity index (χ1) is 11.2. The summed E-state index contributed by atoms with van der Waals surface area (Å²) in [6.45, 7) is 2.35. The van der Waals surface area contributed by atoms with E-state index in [-0.39, 0.29) is 17.5 Å². The molecule has 1 fully saturated rings. The average Bonchev–Trinajstić information content (AvgIpc) is 2.98. The lowest BCUT2D eigenvalue weighted by Gasteiger charge is -2.16. The molecule has 0 radical (unpaired) electrons. The molecule has 1 aliphatic heterocycles. The van der Waals surface area contributed by atoms with Crippen LogP contribution in [0.5, 0.6) is 0 Å². The van der Waals surface area contributed by atoms with Crippen molar-refractivity contribution < 1.29 is 4.92 Å². The minimum absolute atomic E-state index is 0.0832. The maximum Gasteiger partial charge on any atom is 0.269 e. The van der Waals surface area contributed by atoms with Gasteiger partial charge in [-0.1, -0.05) is 42.5 Å². The highest BCUT2D eigenvalue weighted by atomic mass is 16.6. The molecule has 0 saturated carbocycles. The average molecular weight is 307 g/mol. The van der Waals surface area contributed by atoms with Gasteiger partial charge in [-0.3, -0.25) is 15.0 Å². The van der Waals surface area contributed by atoms with Crippen molar-refractivity contribution in [3.63, 3.8) is 0 Å². The molecule has 1 heterocycles. The van der Waals surface area contributed by atoms with Gasteiger partial charge in [-0.05, 0) is 11.1 Å². The van der Waals surface area contributed by atoms with Gasteiger partial charge in [0, 0.05) is 37.7 Å². The molecule has 116 valence electrons. The maximum absolute atomic E-state index is 10.8. The van der Waals surface area contributed by atoms with Crippen molar-refractivity contribution in [3.8, 4) is 6.07 Å². The molecular formula is C18H17N3O2. The van der Waals surface area contributed by atoms with Gasteiger partial charge < -0.3 is 0 Å². The summed E-state index contributed by atoms with van der Waals surface area (Å²) in [5.41, 5.74) is 2.31. The number of hydrogen-bond donors (Lipinski definition) is 0. The third-order valence-electron chi connectivity index (χ3n) is 4.34. The van der Waals surface area contributed by atoms with Crippen LogP contribution in [0.1, 0.15) is 17.0 Å². The highest BCUT2D eigenvalue weighted by Gasteiger charge is 2.33. The molecule has 0 amide bonds. The van der Waals surface area contributed by atoms with Crippen LogP contribution < -0.4 is 0 Å². The Bertz CT molecular complexity index is 722. The second-order valence-corrected chi connectivity index (χ2v) is 5.87. The van der Waals surface area contributed by atoms with Crippen molar-refractivity contribution in [2.75, 3.05) is 13.1 Å². The van der Waals surface area contributed by atoms with Gasteiger partial charge in [-0.25, -0.2) is 0 Å². The molecule has 23 heavy (non-hydrogen) atoms. The lowest BCUT2D eigenvalue weighted by molar-refractivity contribution is -0.384. The SMILES string of the molecule is N#C[C@@H]1CN(Cc2ccccc2)C[C@H]1c1ccc([N+](=O)[O-])cc1. The fraction of sp³-hybridized carbons (Fsp3) is 0.278. The first-order valence-electron chi connectivity index (χ1n) is 7.57. The van der Waals surface area contributed by atoms with Gasteiger partial charge in [-0.2, -0.15) is 5.26 Å². The van der Waals surface area contributed by atoms with Crippen molar-refractivity contribution in [2.24, 2.45) is 5.92 Å². The Morgan fingerprint density at radius 1 is 1.13 bits per heavy atom. The summed E-state index contributed by atoms with van der Waals surface area (Å²) in [5, 5.41) is 20.2. The minimum Gasteiger partial charge on any atom is -0.297 e. The van der Waals surface area contributed by atoms with E-state index in [1.54, 1.807) is 12.1 Å². The van der Waals surface area contributed by atoms with Crippen LogP contribution in [-0.2, 0) is 6.54 Å². The maximum atomic E-state index is 10.8. The lowest BCUT2D eigenvalue weighted by Crippen LogP contribution is -2.20. The Balaban J connectivity index is 1.74. The van der Waals surface area contributed by atoms with Gasteiger partial charge in [0.2, 0.25) is 0 Å². The van der Waals surface area contributed by atoms with Gasteiger partial charge >= 0.3 is 0 Å². The van der Waals surface area contributed by atoms with E-state index in [0.717, 1.165) is 25.2 Å². The largest absolute Gasteiger partial charge is 0.297 e. The molecule has 0 bridgehead atoms. The first-order valence-corrected chi connectivity index (χ1v) is 7.57. The van der Waals surface area contributed by atoms with Crippen LogP contribution in [-0.4, -0.2) is 22.9 Å². The number of nitro groups is 1. The van der Waals surface area contributed by atoms with Crippen molar-refractivity contribution in [3.05, 3.63) is 75.8 Å². The van der Waals surface area contributed by atoms with Crippen LogP contribution in [0.4, 0.5) is 5.69 Å². The number of likely N-dealkylation sites (tertiary alicyclic amines) is 1. The van der Waals surface area contributed by atoms with Gasteiger partial charge in [0.05, 0.1) is 16.9 Å². The Kier molecular flexibility index (Phi) is 4.35. The fourth-order valence-corrected chi connectivity index (χ4v) is 3.17. The minimum atomic E-state index is -0.401. The van der Waals surface area contributed by atoms with Gasteiger partial charge in [0.1, 0.15) is 0 Å². The number of nitriles is 1. The number of nitrogens with zero attached hydrogens (tertiary/aromatic N) is 3. The van der Waals surface area contributed by atoms with E-state index in [1.165, 1.54) is 17.7 Å². The van der Waals surface area contributed by atoms with Crippen molar-refractivity contribution in [1.82, 2.24) is 4.90 Å². The molecular weight excluding hydrogens is 290 g/mol. The Hall–Kier alpha value is -2.71. The number of benzene rings is 2. The Morgan fingerprint density at radius 3 is 2.43 bits per heavy atom. The third kappa shape index (κ3) is 3.38. The molecule has 2 atom stereocenters. The van der Waals surface area contributed by atoms with Crippen LogP contribution in [0.2, 0.25) is 0 Å². The molecule has 2 aromatic rings. The fourth-order valence-electron chi connectivity index (χ4n) is 3.17. The number of non-ortho nitro benzene ring substituents is 1. The number of rotatable bonds is 4. The van der Waals surface area contributed by atoms with Crippen LogP contribution >= 0.6 is 0 Å². The summed E-state index contributed by atoms with van der Waals surface area (Å²) < 4.78 is 0. The summed E-state index contributed by atoms with van der Waals surface area (Å²) in [4.78, 5) is 12.6. The molecule has 2 aromatic carbocycles. The summed E-state index contributed by atoms with van der Waals surface area (Å²) in [6, 6.07) is 19.2. The predicted molar refractivity (Wildman–Crippen MR) is 86.7 cm³/mol. The summed E-state index contributed by atoms with van der Waals surface area (Å²) in [7, 11) is 0. The molecule has 0 spiro atoms. The number of nitro benzene ring substituents is 1. The van der Waals surface area contributed by atoms with Crippen LogP contribution in [0, 0.1) is 27.4 Å². The number of hydrogen-bond acceptors (Lipinski definition) is 4. The van der Waals surface area contributed by atoms with E-state index in [1.807, 2.05) is 18.2 Å². The summed E-state index contributed by atoms with van der Waals surface area (Å²) in [5.74, 6) is 0.0182. The zero-order chi connectivity index (χ0) is 16.2. The molecule has 0 N–H and O–H groups in total. The van der Waals surface area contributed by atoms with Gasteiger partial charge in [0.15, 0.2) is 0 Å². The lowest BCUT2D eigenvalue weighted by atomic mass is 9.90.